The topological polar surface area (TPSA) is 12.9 Å². The van der Waals surface area contributed by atoms with E-state index in [4.69, 9.17) is 23.2 Å². The molecule has 0 spiro atoms. The number of halogens is 5. The highest BCUT2D eigenvalue weighted by Gasteiger charge is 2.18. The molecular weight excluding hydrogens is 334 g/mol. The predicted molar refractivity (Wildman–Crippen MR) is 56.5 cm³/mol. The molecule has 13 heavy (non-hydrogen) atoms. The Kier molecular flexibility index (Phi) is 4.12. The van der Waals surface area contributed by atoms with Gasteiger partial charge in [0.25, 0.3) is 6.43 Å². The Morgan fingerprint density at radius 3 is 2.62 bits per heavy atom. The van der Waals surface area contributed by atoms with Crippen molar-refractivity contribution in [2.45, 2.75) is 12.3 Å². The van der Waals surface area contributed by atoms with Crippen LogP contribution in [0.5, 0.6) is 0 Å². The zero-order valence-corrected chi connectivity index (χ0v) is 9.87. The minimum atomic E-state index is -2.57. The largest absolute Gasteiger partial charge is 0.265 e. The lowest BCUT2D eigenvalue weighted by atomic mass is 10.2. The third-order valence-corrected chi connectivity index (χ3v) is 3.44. The van der Waals surface area contributed by atoms with Crippen LogP contribution in [0.2, 0.25) is 5.15 Å². The van der Waals surface area contributed by atoms with E-state index in [9.17, 15) is 8.78 Å². The molecule has 1 heterocycles. The van der Waals surface area contributed by atoms with E-state index < -0.39 is 6.43 Å². The van der Waals surface area contributed by atoms with Crippen molar-refractivity contribution < 1.29 is 8.78 Å². The van der Waals surface area contributed by atoms with Crippen LogP contribution in [0, 0.1) is 3.57 Å². The molecule has 0 fully saturated rings. The molecule has 0 aliphatic heterocycles. The normalized spacial score (nSPS) is 10.9. The maximum Gasteiger partial charge on any atom is 0.265 e. The van der Waals surface area contributed by atoms with Crippen LogP contribution in [-0.4, -0.2) is 4.98 Å². The van der Waals surface area contributed by atoms with Crippen molar-refractivity contribution in [3.63, 3.8) is 0 Å². The van der Waals surface area contributed by atoms with Gasteiger partial charge in [0.05, 0.1) is 3.57 Å². The van der Waals surface area contributed by atoms with Crippen LogP contribution in [-0.2, 0) is 5.88 Å². The van der Waals surface area contributed by atoms with Gasteiger partial charge in [0.1, 0.15) is 5.15 Å². The molecule has 1 nitrogen and oxygen atoms in total. The van der Waals surface area contributed by atoms with Crippen molar-refractivity contribution in [3.8, 4) is 0 Å². The van der Waals surface area contributed by atoms with Crippen molar-refractivity contribution in [3.05, 3.63) is 26.0 Å². The first-order valence-corrected chi connectivity index (χ1v) is 5.24. The van der Waals surface area contributed by atoms with Gasteiger partial charge in [-0.15, -0.1) is 11.6 Å². The van der Waals surface area contributed by atoms with Gasteiger partial charge in [-0.05, 0) is 28.2 Å². The molecule has 1 aromatic rings. The predicted octanol–water partition coefficient (Wildman–Crippen LogP) is 4.02. The molecule has 1 rings (SSSR count). The molecule has 72 valence electrons. The smallest absolute Gasteiger partial charge is 0.243 e. The summed E-state index contributed by atoms with van der Waals surface area (Å²) in [4.78, 5) is 3.73. The highest BCUT2D eigenvalue weighted by Crippen LogP contribution is 2.31. The van der Waals surface area contributed by atoms with Gasteiger partial charge in [0, 0.05) is 17.6 Å². The molecule has 0 unspecified atom stereocenters. The number of alkyl halides is 3. The van der Waals surface area contributed by atoms with Crippen LogP contribution >= 0.6 is 45.8 Å². The maximum atomic E-state index is 12.5. The van der Waals surface area contributed by atoms with E-state index in [1.807, 2.05) is 0 Å². The number of pyridine rings is 1. The summed E-state index contributed by atoms with van der Waals surface area (Å²) in [6, 6.07) is 0. The number of aromatic nitrogens is 1. The Morgan fingerprint density at radius 2 is 2.15 bits per heavy atom. The monoisotopic (exact) mass is 337 g/mol. The molecule has 6 heteroatoms. The Bertz CT molecular complexity index is 320. The summed E-state index contributed by atoms with van der Waals surface area (Å²) < 4.78 is 25.3. The van der Waals surface area contributed by atoms with Crippen molar-refractivity contribution in [2.75, 3.05) is 0 Å². The van der Waals surface area contributed by atoms with E-state index in [-0.39, 0.29) is 20.2 Å². The molecule has 0 saturated carbocycles. The Morgan fingerprint density at radius 1 is 1.54 bits per heavy atom. The second-order valence-electron chi connectivity index (χ2n) is 2.24. The van der Waals surface area contributed by atoms with Crippen molar-refractivity contribution >= 4 is 45.8 Å². The molecular formula is C7H4Cl2F2IN. The molecule has 0 N–H and O–H groups in total. The number of hydrogen-bond acceptors (Lipinski definition) is 1. The Hall–Kier alpha value is 0.320. The summed E-state index contributed by atoms with van der Waals surface area (Å²) in [6.07, 6.45) is -1.29. The molecule has 0 radical (unpaired) electrons. The van der Waals surface area contributed by atoms with Crippen LogP contribution in [0.25, 0.3) is 0 Å². The van der Waals surface area contributed by atoms with Gasteiger partial charge in [0.2, 0.25) is 0 Å². The first-order chi connectivity index (χ1) is 6.07. The average molecular weight is 338 g/mol. The minimum Gasteiger partial charge on any atom is -0.243 e. The zero-order chi connectivity index (χ0) is 10.0. The van der Waals surface area contributed by atoms with Gasteiger partial charge in [-0.2, -0.15) is 0 Å². The average Bonchev–Trinajstić information content (AvgIpc) is 2.08. The van der Waals surface area contributed by atoms with Crippen molar-refractivity contribution in [2.24, 2.45) is 0 Å². The molecule has 0 saturated heterocycles. The van der Waals surface area contributed by atoms with Crippen LogP contribution in [0.1, 0.15) is 17.6 Å². The quantitative estimate of drug-likeness (QED) is 0.451. The Labute approximate surface area is 97.6 Å². The third-order valence-electron chi connectivity index (χ3n) is 1.46. The van der Waals surface area contributed by atoms with E-state index in [1.54, 1.807) is 22.6 Å². The second kappa shape index (κ2) is 4.70. The lowest BCUT2D eigenvalue weighted by Gasteiger charge is -2.08. The maximum absolute atomic E-state index is 12.5. The standard InChI is InChI=1S/C7H4Cl2F2IN/c8-1-3-2-13-6(9)5(12)4(3)7(10)11/h2,7H,1H2. The fraction of sp³-hybridized carbons (Fsp3) is 0.286. The summed E-state index contributed by atoms with van der Waals surface area (Å²) in [6.45, 7) is 0. The molecule has 1 aromatic heterocycles. The summed E-state index contributed by atoms with van der Waals surface area (Å²) in [5.74, 6) is 0.0137. The van der Waals surface area contributed by atoms with Gasteiger partial charge >= 0.3 is 0 Å². The Balaban J connectivity index is 3.32. The van der Waals surface area contributed by atoms with Crippen LogP contribution in [0.15, 0.2) is 6.20 Å². The third kappa shape index (κ3) is 2.41. The lowest BCUT2D eigenvalue weighted by molar-refractivity contribution is 0.149. The highest BCUT2D eigenvalue weighted by molar-refractivity contribution is 14.1. The minimum absolute atomic E-state index is 0.0137. The summed E-state index contributed by atoms with van der Waals surface area (Å²) in [5, 5.41) is 0.0877. The van der Waals surface area contributed by atoms with Crippen molar-refractivity contribution in [1.82, 2.24) is 4.98 Å². The molecule has 0 aliphatic rings. The van der Waals surface area contributed by atoms with Gasteiger partial charge in [-0.3, -0.25) is 0 Å². The SMILES string of the molecule is FC(F)c1c(CCl)cnc(Cl)c1I. The molecule has 0 aliphatic carbocycles. The van der Waals surface area contributed by atoms with E-state index in [2.05, 4.69) is 4.98 Å². The summed E-state index contributed by atoms with van der Waals surface area (Å²) in [5.41, 5.74) is 0.209. The number of rotatable bonds is 2. The fourth-order valence-electron chi connectivity index (χ4n) is 0.855. The molecule has 0 amide bonds. The first-order valence-electron chi connectivity index (χ1n) is 3.24. The molecule has 0 atom stereocenters. The number of hydrogen-bond donors (Lipinski definition) is 0. The van der Waals surface area contributed by atoms with Gasteiger partial charge in [0.15, 0.2) is 0 Å². The summed E-state index contributed by atoms with van der Waals surface area (Å²) >= 11 is 12.8. The zero-order valence-electron chi connectivity index (χ0n) is 6.20. The summed E-state index contributed by atoms with van der Waals surface area (Å²) in [7, 11) is 0. The van der Waals surface area contributed by atoms with E-state index in [1.165, 1.54) is 6.20 Å². The first kappa shape index (κ1) is 11.4. The van der Waals surface area contributed by atoms with Gasteiger partial charge < -0.3 is 0 Å². The fourth-order valence-corrected chi connectivity index (χ4v) is 1.94. The van der Waals surface area contributed by atoms with Gasteiger partial charge in [-0.25, -0.2) is 13.8 Å². The van der Waals surface area contributed by atoms with E-state index in [0.717, 1.165) is 0 Å². The van der Waals surface area contributed by atoms with Crippen LogP contribution in [0.3, 0.4) is 0 Å². The number of nitrogens with zero attached hydrogens (tertiary/aromatic N) is 1. The van der Waals surface area contributed by atoms with Crippen molar-refractivity contribution in [1.29, 1.82) is 0 Å². The highest BCUT2D eigenvalue weighted by atomic mass is 127. The second-order valence-corrected chi connectivity index (χ2v) is 3.94. The lowest BCUT2D eigenvalue weighted by Crippen LogP contribution is -1.98. The molecule has 0 aromatic carbocycles. The molecule has 0 bridgehead atoms. The van der Waals surface area contributed by atoms with E-state index in [0.29, 0.717) is 5.56 Å². The van der Waals surface area contributed by atoms with Crippen LogP contribution in [0.4, 0.5) is 8.78 Å². The van der Waals surface area contributed by atoms with Gasteiger partial charge in [-0.1, -0.05) is 11.6 Å². The van der Waals surface area contributed by atoms with Crippen LogP contribution < -0.4 is 0 Å². The van der Waals surface area contributed by atoms with E-state index >= 15 is 0 Å².